The summed E-state index contributed by atoms with van der Waals surface area (Å²) in [5, 5.41) is 0. The fourth-order valence-electron chi connectivity index (χ4n) is 7.21. The average Bonchev–Trinajstić information content (AvgIpc) is 3.10. The summed E-state index contributed by atoms with van der Waals surface area (Å²) < 4.78 is 0. The van der Waals surface area contributed by atoms with Crippen LogP contribution in [0.2, 0.25) is 0 Å². The van der Waals surface area contributed by atoms with Crippen LogP contribution in [0.25, 0.3) is 0 Å². The zero-order valence-corrected chi connectivity index (χ0v) is 24.1. The van der Waals surface area contributed by atoms with Crippen LogP contribution in [0.4, 0.5) is 0 Å². The van der Waals surface area contributed by atoms with Crippen molar-refractivity contribution in [2.24, 2.45) is 46.8 Å². The van der Waals surface area contributed by atoms with E-state index in [1.54, 1.807) is 0 Å². The van der Waals surface area contributed by atoms with Gasteiger partial charge in [-0.1, -0.05) is 146 Å². The maximum Gasteiger partial charge on any atom is -0.0295 e. The van der Waals surface area contributed by atoms with Gasteiger partial charge in [-0.3, -0.25) is 0 Å². The van der Waals surface area contributed by atoms with Gasteiger partial charge in [0.15, 0.2) is 0 Å². The van der Waals surface area contributed by atoms with Crippen LogP contribution in [0.5, 0.6) is 0 Å². The Morgan fingerprint density at radius 2 is 1.16 bits per heavy atom. The smallest absolute Gasteiger partial charge is 0.0295 e. The third kappa shape index (κ3) is 10.5. The molecule has 0 aliphatic heterocycles. The zero-order chi connectivity index (χ0) is 24.1. The first-order chi connectivity index (χ1) is 15.1. The van der Waals surface area contributed by atoms with E-state index in [0.717, 1.165) is 41.4 Å². The fraction of sp³-hybridized carbons (Fsp3) is 1.00. The molecule has 0 aromatic rings. The molecule has 0 radical (unpaired) electrons. The van der Waals surface area contributed by atoms with Crippen LogP contribution >= 0.6 is 0 Å². The molecule has 0 aromatic carbocycles. The average molecular weight is 449 g/mol. The summed E-state index contributed by atoms with van der Waals surface area (Å²) in [6.45, 7) is 22.4. The van der Waals surface area contributed by atoms with E-state index in [0.29, 0.717) is 5.41 Å². The second kappa shape index (κ2) is 15.8. The van der Waals surface area contributed by atoms with Gasteiger partial charge in [-0.15, -0.1) is 0 Å². The topological polar surface area (TPSA) is 0 Å². The lowest BCUT2D eigenvalue weighted by Gasteiger charge is -2.40. The molecule has 0 heterocycles. The van der Waals surface area contributed by atoms with Gasteiger partial charge in [-0.25, -0.2) is 0 Å². The Kier molecular flexibility index (Phi) is 14.8. The summed E-state index contributed by atoms with van der Waals surface area (Å²) in [6, 6.07) is 0. The van der Waals surface area contributed by atoms with Crippen LogP contribution in [0.1, 0.15) is 159 Å². The highest BCUT2D eigenvalue weighted by molar-refractivity contribution is 4.96. The third-order valence-electron chi connectivity index (χ3n) is 9.71. The summed E-state index contributed by atoms with van der Waals surface area (Å²) in [6.07, 6.45) is 21.6. The van der Waals surface area contributed by atoms with Crippen molar-refractivity contribution in [1.82, 2.24) is 0 Å². The van der Waals surface area contributed by atoms with Crippen LogP contribution < -0.4 is 0 Å². The van der Waals surface area contributed by atoms with E-state index >= 15 is 0 Å². The molecule has 32 heavy (non-hydrogen) atoms. The molecule has 0 saturated heterocycles. The monoisotopic (exact) mass is 449 g/mol. The molecule has 192 valence electrons. The second-order valence-corrected chi connectivity index (χ2v) is 13.2. The first-order valence-electron chi connectivity index (χ1n) is 15.1. The molecule has 1 aliphatic rings. The largest absolute Gasteiger partial charge is 0.0654 e. The summed E-state index contributed by atoms with van der Waals surface area (Å²) in [5.74, 6) is 6.48. The van der Waals surface area contributed by atoms with Crippen molar-refractivity contribution in [2.45, 2.75) is 159 Å². The summed E-state index contributed by atoms with van der Waals surface area (Å²) in [4.78, 5) is 0. The highest BCUT2D eigenvalue weighted by atomic mass is 14.5. The highest BCUT2D eigenvalue weighted by Gasteiger charge is 2.47. The second-order valence-electron chi connectivity index (χ2n) is 13.2. The van der Waals surface area contributed by atoms with Gasteiger partial charge < -0.3 is 0 Å². The van der Waals surface area contributed by atoms with Crippen LogP contribution in [0, 0.1) is 46.8 Å². The van der Waals surface area contributed by atoms with Gasteiger partial charge in [0, 0.05) is 0 Å². The zero-order valence-electron chi connectivity index (χ0n) is 24.1. The van der Waals surface area contributed by atoms with E-state index in [4.69, 9.17) is 0 Å². The van der Waals surface area contributed by atoms with Gasteiger partial charge in [0.2, 0.25) is 0 Å². The molecule has 0 N–H and O–H groups in total. The minimum absolute atomic E-state index is 0.594. The Hall–Kier alpha value is 0. The molecule has 7 atom stereocenters. The van der Waals surface area contributed by atoms with Gasteiger partial charge in [0.1, 0.15) is 0 Å². The Balaban J connectivity index is 2.46. The van der Waals surface area contributed by atoms with Gasteiger partial charge in [0.05, 0.1) is 0 Å². The normalized spacial score (nSPS) is 27.6. The minimum Gasteiger partial charge on any atom is -0.0654 e. The lowest BCUT2D eigenvalue weighted by atomic mass is 9.65. The molecule has 0 heteroatoms. The molecule has 1 rings (SSSR count). The molecule has 0 aromatic heterocycles. The third-order valence-corrected chi connectivity index (χ3v) is 9.71. The Morgan fingerprint density at radius 3 is 1.69 bits per heavy atom. The van der Waals surface area contributed by atoms with E-state index in [2.05, 4.69) is 62.3 Å². The van der Waals surface area contributed by atoms with Crippen molar-refractivity contribution in [3.63, 3.8) is 0 Å². The number of unbranched alkanes of at least 4 members (excludes halogenated alkanes) is 1. The molecule has 1 fully saturated rings. The van der Waals surface area contributed by atoms with E-state index < -0.39 is 0 Å². The minimum atomic E-state index is 0.594. The predicted octanol–water partition coefficient (Wildman–Crippen LogP) is 11.3. The summed E-state index contributed by atoms with van der Waals surface area (Å²) in [7, 11) is 0. The summed E-state index contributed by atoms with van der Waals surface area (Å²) >= 11 is 0. The lowest BCUT2D eigenvalue weighted by Crippen LogP contribution is -2.33. The number of hydrogen-bond acceptors (Lipinski definition) is 0. The van der Waals surface area contributed by atoms with Crippen LogP contribution in [-0.2, 0) is 0 Å². The first kappa shape index (κ1) is 30.0. The van der Waals surface area contributed by atoms with Crippen molar-refractivity contribution < 1.29 is 0 Å². The molecule has 7 unspecified atom stereocenters. The van der Waals surface area contributed by atoms with Gasteiger partial charge in [0.25, 0.3) is 0 Å². The number of rotatable bonds is 18. The molecule has 0 spiro atoms. The highest BCUT2D eigenvalue weighted by Crippen LogP contribution is 2.56. The maximum atomic E-state index is 2.64. The molecule has 1 aliphatic carbocycles. The Labute approximate surface area is 205 Å². The van der Waals surface area contributed by atoms with Crippen molar-refractivity contribution in [3.05, 3.63) is 0 Å². The van der Waals surface area contributed by atoms with Crippen LogP contribution in [0.15, 0.2) is 0 Å². The Morgan fingerprint density at radius 1 is 0.656 bits per heavy atom. The van der Waals surface area contributed by atoms with Crippen LogP contribution in [-0.4, -0.2) is 0 Å². The summed E-state index contributed by atoms with van der Waals surface area (Å²) in [5.41, 5.74) is 0.594. The van der Waals surface area contributed by atoms with Gasteiger partial charge >= 0.3 is 0 Å². The molecular formula is C32H64. The van der Waals surface area contributed by atoms with Crippen molar-refractivity contribution in [2.75, 3.05) is 0 Å². The SMILES string of the molecule is CCCCC(C)CCCC(C)CCCC(C)C1C(C(C)CCCC(C)C)CCC1(C)CC. The van der Waals surface area contributed by atoms with Gasteiger partial charge in [-0.2, -0.15) is 0 Å². The molecular weight excluding hydrogens is 384 g/mol. The van der Waals surface area contributed by atoms with E-state index in [1.807, 2.05) is 0 Å². The van der Waals surface area contributed by atoms with Gasteiger partial charge in [-0.05, 0) is 59.7 Å². The number of hydrogen-bond donors (Lipinski definition) is 0. The fourth-order valence-corrected chi connectivity index (χ4v) is 7.21. The van der Waals surface area contributed by atoms with Crippen molar-refractivity contribution >= 4 is 0 Å². The predicted molar refractivity (Wildman–Crippen MR) is 147 cm³/mol. The first-order valence-corrected chi connectivity index (χ1v) is 15.1. The van der Waals surface area contributed by atoms with E-state index in [9.17, 15) is 0 Å². The molecule has 0 amide bonds. The molecule has 1 saturated carbocycles. The lowest BCUT2D eigenvalue weighted by molar-refractivity contribution is 0.0885. The van der Waals surface area contributed by atoms with Crippen molar-refractivity contribution in [3.8, 4) is 0 Å². The molecule has 0 nitrogen and oxygen atoms in total. The van der Waals surface area contributed by atoms with E-state index in [1.165, 1.54) is 96.3 Å². The maximum absolute atomic E-state index is 2.64. The molecule has 0 bridgehead atoms. The van der Waals surface area contributed by atoms with Crippen molar-refractivity contribution in [1.29, 1.82) is 0 Å². The quantitative estimate of drug-likeness (QED) is 0.195. The van der Waals surface area contributed by atoms with Crippen LogP contribution in [0.3, 0.4) is 0 Å². The van der Waals surface area contributed by atoms with E-state index in [-0.39, 0.29) is 0 Å². The Bertz CT molecular complexity index is 451. The standard InChI is InChI=1S/C32H64/c1-10-12-17-26(5)18-14-19-27(6)20-15-22-29(8)31-30(23-24-32(31,9)11-2)28(7)21-13-16-25(3)4/h25-31H,10-24H2,1-9H3.